The maximum atomic E-state index is 13.7. The van der Waals surface area contributed by atoms with Crippen molar-refractivity contribution in [1.82, 2.24) is 4.68 Å². The third-order valence-corrected chi connectivity index (χ3v) is 2.73. The zero-order chi connectivity index (χ0) is 13.6. The Balaban J connectivity index is 3.08. The number of aromatic nitrogens is 1. The van der Waals surface area contributed by atoms with Crippen LogP contribution in [0.2, 0.25) is 5.02 Å². The fraction of sp³-hybridized carbons (Fsp3) is 0. The molecule has 0 bridgehead atoms. The summed E-state index contributed by atoms with van der Waals surface area (Å²) in [5.41, 5.74) is -2.18. The van der Waals surface area contributed by atoms with E-state index in [9.17, 15) is 18.4 Å². The van der Waals surface area contributed by atoms with Gasteiger partial charge in [0.25, 0.3) is 0 Å². The van der Waals surface area contributed by atoms with Crippen LogP contribution in [0.5, 0.6) is 0 Å². The van der Waals surface area contributed by atoms with Gasteiger partial charge < -0.3 is 10.9 Å². The highest BCUT2D eigenvalue weighted by atomic mass is 35.5. The summed E-state index contributed by atoms with van der Waals surface area (Å²) in [4.78, 5) is 22.5. The number of rotatable bonds is 1. The molecular weight excluding hydrogens is 270 g/mol. The molecule has 1 aromatic carbocycles. The minimum absolute atomic E-state index is 0.462. The highest BCUT2D eigenvalue weighted by Crippen LogP contribution is 2.25. The van der Waals surface area contributed by atoms with Gasteiger partial charge in [-0.25, -0.2) is 13.6 Å². The number of hydrogen-bond acceptors (Lipinski definition) is 3. The molecule has 0 saturated carbocycles. The van der Waals surface area contributed by atoms with Crippen LogP contribution in [-0.4, -0.2) is 15.8 Å². The first-order valence-corrected chi connectivity index (χ1v) is 4.93. The molecule has 1 aromatic heterocycles. The topological polar surface area (TPSA) is 85.3 Å². The van der Waals surface area contributed by atoms with Crippen LogP contribution >= 0.6 is 11.6 Å². The zero-order valence-electron chi connectivity index (χ0n) is 8.58. The van der Waals surface area contributed by atoms with E-state index < -0.39 is 44.5 Å². The minimum atomic E-state index is -1.54. The van der Waals surface area contributed by atoms with Crippen LogP contribution in [0, 0.1) is 11.6 Å². The second-order valence-electron chi connectivity index (χ2n) is 3.47. The lowest BCUT2D eigenvalue weighted by Crippen LogP contribution is -2.23. The number of aromatic carboxylic acids is 1. The Hall–Kier alpha value is -2.15. The second-order valence-corrected chi connectivity index (χ2v) is 3.84. The number of fused-ring (bicyclic) bond motifs is 1. The Morgan fingerprint density at radius 1 is 1.44 bits per heavy atom. The summed E-state index contributed by atoms with van der Waals surface area (Å²) in [7, 11) is 0. The van der Waals surface area contributed by atoms with Crippen LogP contribution < -0.4 is 11.3 Å². The van der Waals surface area contributed by atoms with Crippen LogP contribution in [0.3, 0.4) is 0 Å². The Kier molecular flexibility index (Phi) is 2.70. The van der Waals surface area contributed by atoms with Gasteiger partial charge in [0.15, 0.2) is 5.82 Å². The van der Waals surface area contributed by atoms with Crippen molar-refractivity contribution in [3.63, 3.8) is 0 Å². The molecule has 2 rings (SSSR count). The summed E-state index contributed by atoms with van der Waals surface area (Å²) >= 11 is 5.35. The molecule has 18 heavy (non-hydrogen) atoms. The van der Waals surface area contributed by atoms with Gasteiger partial charge in [0, 0.05) is 6.20 Å². The molecular formula is C10H5ClF2N2O3. The summed E-state index contributed by atoms with van der Waals surface area (Å²) < 4.78 is 27.5. The number of pyridine rings is 1. The summed E-state index contributed by atoms with van der Waals surface area (Å²) in [6, 6.07) is 0.652. The second kappa shape index (κ2) is 3.95. The van der Waals surface area contributed by atoms with Crippen LogP contribution in [0.1, 0.15) is 10.4 Å². The van der Waals surface area contributed by atoms with Gasteiger partial charge in [-0.05, 0) is 6.07 Å². The van der Waals surface area contributed by atoms with E-state index in [-0.39, 0.29) is 0 Å². The van der Waals surface area contributed by atoms with E-state index in [4.69, 9.17) is 22.6 Å². The van der Waals surface area contributed by atoms with E-state index in [1.807, 2.05) is 0 Å². The molecule has 0 radical (unpaired) electrons. The molecule has 0 aliphatic heterocycles. The van der Waals surface area contributed by atoms with Gasteiger partial charge in [0.2, 0.25) is 5.43 Å². The maximum absolute atomic E-state index is 13.7. The molecule has 0 atom stereocenters. The van der Waals surface area contributed by atoms with E-state index in [1.54, 1.807) is 0 Å². The maximum Gasteiger partial charge on any atom is 0.341 e. The summed E-state index contributed by atoms with van der Waals surface area (Å²) in [6.45, 7) is 0. The lowest BCUT2D eigenvalue weighted by Gasteiger charge is -2.09. The average molecular weight is 275 g/mol. The van der Waals surface area contributed by atoms with Crippen LogP contribution in [0.15, 0.2) is 17.1 Å². The fourth-order valence-electron chi connectivity index (χ4n) is 1.57. The third-order valence-electron chi connectivity index (χ3n) is 2.38. The molecule has 2 aromatic rings. The number of carboxylic acids is 1. The van der Waals surface area contributed by atoms with Crippen molar-refractivity contribution in [3.8, 4) is 0 Å². The largest absolute Gasteiger partial charge is 0.477 e. The van der Waals surface area contributed by atoms with E-state index in [0.717, 1.165) is 6.20 Å². The highest BCUT2D eigenvalue weighted by Gasteiger charge is 2.20. The predicted molar refractivity (Wildman–Crippen MR) is 60.2 cm³/mol. The molecule has 8 heteroatoms. The predicted octanol–water partition coefficient (Wildman–Crippen LogP) is 1.35. The monoisotopic (exact) mass is 274 g/mol. The Bertz CT molecular complexity index is 742. The Morgan fingerprint density at radius 3 is 2.61 bits per heavy atom. The molecule has 0 aliphatic rings. The number of nitrogen functional groups attached to an aromatic ring is 1. The van der Waals surface area contributed by atoms with Gasteiger partial charge in [-0.3, -0.25) is 9.47 Å². The number of benzene rings is 1. The first-order chi connectivity index (χ1) is 8.34. The lowest BCUT2D eigenvalue weighted by atomic mass is 10.1. The molecule has 0 fully saturated rings. The first kappa shape index (κ1) is 12.3. The third kappa shape index (κ3) is 1.60. The normalized spacial score (nSPS) is 10.8. The molecule has 0 saturated heterocycles. The van der Waals surface area contributed by atoms with Crippen molar-refractivity contribution in [3.05, 3.63) is 44.7 Å². The van der Waals surface area contributed by atoms with Gasteiger partial charge in [-0.15, -0.1) is 0 Å². The molecule has 94 valence electrons. The zero-order valence-corrected chi connectivity index (χ0v) is 9.33. The van der Waals surface area contributed by atoms with Gasteiger partial charge in [-0.1, -0.05) is 11.6 Å². The van der Waals surface area contributed by atoms with Gasteiger partial charge >= 0.3 is 5.97 Å². The summed E-state index contributed by atoms with van der Waals surface area (Å²) in [5, 5.41) is 7.46. The number of carboxylic acid groups (broad SMARTS) is 1. The van der Waals surface area contributed by atoms with E-state index >= 15 is 0 Å². The van der Waals surface area contributed by atoms with Crippen molar-refractivity contribution >= 4 is 28.5 Å². The van der Waals surface area contributed by atoms with E-state index in [2.05, 4.69) is 0 Å². The van der Waals surface area contributed by atoms with Crippen molar-refractivity contribution in [2.75, 3.05) is 5.84 Å². The quantitative estimate of drug-likeness (QED) is 0.607. The first-order valence-electron chi connectivity index (χ1n) is 4.55. The molecule has 0 unspecified atom stereocenters. The van der Waals surface area contributed by atoms with Crippen molar-refractivity contribution in [1.29, 1.82) is 0 Å². The van der Waals surface area contributed by atoms with Crippen molar-refractivity contribution < 1.29 is 18.7 Å². The smallest absolute Gasteiger partial charge is 0.341 e. The number of carbonyl (C=O) groups is 1. The molecule has 0 aliphatic carbocycles. The number of halogens is 3. The summed E-state index contributed by atoms with van der Waals surface area (Å²) in [5.74, 6) is 1.45. The van der Waals surface area contributed by atoms with E-state index in [0.29, 0.717) is 10.7 Å². The number of nitrogens with two attached hydrogens (primary N) is 1. The van der Waals surface area contributed by atoms with Crippen LogP contribution in [-0.2, 0) is 0 Å². The standard InChI is InChI=1S/C10H5ClF2N2O3/c11-6-5(12)1-3-8(7(6)13)15(14)2-4(9(3)16)10(17)18/h1-2H,14H2,(H,17,18). The summed E-state index contributed by atoms with van der Waals surface area (Å²) in [6.07, 6.45) is 0.740. The molecule has 0 spiro atoms. The SMILES string of the molecule is Nn1cc(C(=O)O)c(=O)c2cc(F)c(Cl)c(F)c21. The minimum Gasteiger partial charge on any atom is -0.477 e. The molecule has 5 nitrogen and oxygen atoms in total. The Labute approximate surface area is 103 Å². The Morgan fingerprint density at radius 2 is 2.06 bits per heavy atom. The van der Waals surface area contributed by atoms with Gasteiger partial charge in [0.05, 0.1) is 5.39 Å². The van der Waals surface area contributed by atoms with Crippen molar-refractivity contribution in [2.24, 2.45) is 0 Å². The molecule has 3 N–H and O–H groups in total. The molecule has 0 amide bonds. The van der Waals surface area contributed by atoms with E-state index in [1.165, 1.54) is 0 Å². The number of nitrogens with zero attached hydrogens (tertiary/aromatic N) is 1. The average Bonchev–Trinajstić information content (AvgIpc) is 2.29. The fourth-order valence-corrected chi connectivity index (χ4v) is 1.71. The van der Waals surface area contributed by atoms with Crippen LogP contribution in [0.25, 0.3) is 10.9 Å². The van der Waals surface area contributed by atoms with Gasteiger partial charge in [0.1, 0.15) is 21.9 Å². The van der Waals surface area contributed by atoms with Crippen LogP contribution in [0.4, 0.5) is 8.78 Å². The number of hydrogen-bond donors (Lipinski definition) is 2. The van der Waals surface area contributed by atoms with Gasteiger partial charge in [-0.2, -0.15) is 0 Å². The van der Waals surface area contributed by atoms with Crippen molar-refractivity contribution in [2.45, 2.75) is 0 Å². The molecule has 1 heterocycles. The lowest BCUT2D eigenvalue weighted by molar-refractivity contribution is 0.0695. The highest BCUT2D eigenvalue weighted by molar-refractivity contribution is 6.31.